The summed E-state index contributed by atoms with van der Waals surface area (Å²) < 4.78 is 38.7. The van der Waals surface area contributed by atoms with E-state index >= 15 is 0 Å². The van der Waals surface area contributed by atoms with E-state index in [2.05, 4.69) is 28.3 Å². The van der Waals surface area contributed by atoms with Gasteiger partial charge in [0, 0.05) is 11.8 Å². The van der Waals surface area contributed by atoms with Crippen LogP contribution in [0.15, 0.2) is 77.6 Å². The molecule has 2 aromatic rings. The number of hydrogen-bond acceptors (Lipinski definition) is 5. The second-order valence-electron chi connectivity index (χ2n) is 10.4. The van der Waals surface area contributed by atoms with Gasteiger partial charge >= 0.3 is 6.18 Å². The quantitative estimate of drug-likeness (QED) is 0.0815. The van der Waals surface area contributed by atoms with Crippen molar-refractivity contribution in [2.24, 2.45) is 21.4 Å². The van der Waals surface area contributed by atoms with Crippen LogP contribution in [0.5, 0.6) is 0 Å². The Hall–Kier alpha value is -3.20. The predicted octanol–water partition coefficient (Wildman–Crippen LogP) is 8.33. The van der Waals surface area contributed by atoms with Gasteiger partial charge in [-0.1, -0.05) is 44.1 Å². The summed E-state index contributed by atoms with van der Waals surface area (Å²) in [6, 6.07) is 8.96. The number of primary amides is 1. The van der Waals surface area contributed by atoms with Crippen molar-refractivity contribution < 1.29 is 18.0 Å². The Morgan fingerprint density at radius 3 is 2.40 bits per heavy atom. The van der Waals surface area contributed by atoms with Crippen molar-refractivity contribution in [3.05, 3.63) is 89.8 Å². The number of nitrogens with two attached hydrogens (primary N) is 1. The minimum atomic E-state index is -4.30. The fourth-order valence-electron chi connectivity index (χ4n) is 4.89. The van der Waals surface area contributed by atoms with Gasteiger partial charge in [0.15, 0.2) is 0 Å². The summed E-state index contributed by atoms with van der Waals surface area (Å²) in [5.41, 5.74) is 8.23. The van der Waals surface area contributed by atoms with Crippen molar-refractivity contribution in [1.82, 2.24) is 4.98 Å². The molecular formula is C31H37F3N4OS. The minimum absolute atomic E-state index is 0.127. The summed E-state index contributed by atoms with van der Waals surface area (Å²) in [7, 11) is 0. The Kier molecular flexibility index (Phi) is 10.9. The van der Waals surface area contributed by atoms with E-state index in [9.17, 15) is 18.0 Å². The Morgan fingerprint density at radius 1 is 1.12 bits per heavy atom. The number of halogens is 3. The van der Waals surface area contributed by atoms with E-state index in [4.69, 9.17) is 5.73 Å². The molecule has 0 bridgehead atoms. The first-order valence-corrected chi connectivity index (χ1v) is 14.4. The second-order valence-corrected chi connectivity index (χ2v) is 11.5. The largest absolute Gasteiger partial charge is 0.416 e. The highest BCUT2D eigenvalue weighted by atomic mass is 32.2. The van der Waals surface area contributed by atoms with Crippen molar-refractivity contribution in [3.8, 4) is 0 Å². The molecular weight excluding hydrogens is 533 g/mol. The Morgan fingerprint density at radius 2 is 1.82 bits per heavy atom. The van der Waals surface area contributed by atoms with E-state index in [0.29, 0.717) is 11.6 Å². The zero-order valence-corrected chi connectivity index (χ0v) is 24.0. The third-order valence-corrected chi connectivity index (χ3v) is 8.47. The number of pyridine rings is 1. The first-order valence-electron chi connectivity index (χ1n) is 13.4. The third-order valence-electron chi connectivity index (χ3n) is 7.28. The zero-order valence-electron chi connectivity index (χ0n) is 23.1. The topological polar surface area (TPSA) is 80.7 Å². The van der Waals surface area contributed by atoms with Crippen LogP contribution in [-0.2, 0) is 6.18 Å². The van der Waals surface area contributed by atoms with Crippen LogP contribution in [0.25, 0.3) is 0 Å². The van der Waals surface area contributed by atoms with Crippen LogP contribution >= 0.6 is 11.8 Å². The molecule has 5 nitrogen and oxygen atoms in total. The number of allylic oxidation sites excluding steroid dienone is 1. The van der Waals surface area contributed by atoms with Crippen molar-refractivity contribution in [2.45, 2.75) is 70.9 Å². The van der Waals surface area contributed by atoms with Gasteiger partial charge in [-0.3, -0.25) is 9.78 Å². The normalized spacial score (nSPS) is 19.4. The van der Waals surface area contributed by atoms with Crippen LogP contribution in [0.3, 0.4) is 0 Å². The number of carbonyl (C=O) groups is 1. The van der Waals surface area contributed by atoms with Crippen LogP contribution in [-0.4, -0.2) is 27.4 Å². The van der Waals surface area contributed by atoms with E-state index in [1.54, 1.807) is 42.2 Å². The van der Waals surface area contributed by atoms with Crippen molar-refractivity contribution >= 4 is 28.4 Å². The molecule has 1 aromatic carbocycles. The lowest BCUT2D eigenvalue weighted by molar-refractivity contribution is -0.137. The van der Waals surface area contributed by atoms with E-state index in [1.165, 1.54) is 12.1 Å². The van der Waals surface area contributed by atoms with Crippen molar-refractivity contribution in [1.29, 1.82) is 0 Å². The molecule has 1 aliphatic carbocycles. The number of carbonyl (C=O) groups excluding carboxylic acids is 1. The highest BCUT2D eigenvalue weighted by Crippen LogP contribution is 2.64. The van der Waals surface area contributed by atoms with Crippen molar-refractivity contribution in [2.75, 3.05) is 5.75 Å². The van der Waals surface area contributed by atoms with Crippen molar-refractivity contribution in [3.63, 3.8) is 0 Å². The van der Waals surface area contributed by atoms with Gasteiger partial charge in [-0.15, -0.1) is 23.4 Å². The smallest absolute Gasteiger partial charge is 0.364 e. The molecule has 0 unspecified atom stereocenters. The maximum absolute atomic E-state index is 12.9. The van der Waals surface area contributed by atoms with Gasteiger partial charge in [-0.25, -0.2) is 0 Å². The summed E-state index contributed by atoms with van der Waals surface area (Å²) in [5.74, 6) is 0.631. The molecule has 1 fully saturated rings. The summed E-state index contributed by atoms with van der Waals surface area (Å²) >= 11 is 1.63. The molecule has 1 saturated carbocycles. The van der Waals surface area contributed by atoms with Gasteiger partial charge in [-0.05, 0) is 92.0 Å². The summed E-state index contributed by atoms with van der Waals surface area (Å²) in [4.78, 5) is 15.2. The number of unbranched alkanes of at least 4 members (excludes halogenated alkanes) is 3. The molecule has 0 spiro atoms. The average molecular weight is 571 g/mol. The molecule has 0 saturated heterocycles. The summed E-state index contributed by atoms with van der Waals surface area (Å²) in [6.07, 6.45) is 6.45. The summed E-state index contributed by atoms with van der Waals surface area (Å²) in [6.45, 7) is 11.7. The first kappa shape index (κ1) is 31.3. The van der Waals surface area contributed by atoms with Gasteiger partial charge < -0.3 is 5.73 Å². The van der Waals surface area contributed by atoms with Gasteiger partial charge in [-0.2, -0.15) is 18.3 Å². The zero-order chi connectivity index (χ0) is 29.3. The lowest BCUT2D eigenvalue weighted by atomic mass is 9.89. The Bertz CT molecular complexity index is 1250. The van der Waals surface area contributed by atoms with Gasteiger partial charge in [0.25, 0.3) is 5.91 Å². The molecule has 3 rings (SSSR count). The number of benzene rings is 1. The fourth-order valence-corrected chi connectivity index (χ4v) is 5.77. The van der Waals surface area contributed by atoms with Crippen LogP contribution in [0.1, 0.15) is 91.9 Å². The maximum Gasteiger partial charge on any atom is 0.416 e. The Labute approximate surface area is 239 Å². The average Bonchev–Trinajstić information content (AvgIpc) is 3.62. The van der Waals surface area contributed by atoms with Crippen LogP contribution in [0.4, 0.5) is 13.2 Å². The lowest BCUT2D eigenvalue weighted by Crippen LogP contribution is -2.13. The molecule has 0 aliphatic heterocycles. The second kappa shape index (κ2) is 13.9. The van der Waals surface area contributed by atoms with E-state index in [0.717, 1.165) is 72.4 Å². The molecule has 2 atom stereocenters. The van der Waals surface area contributed by atoms with E-state index in [-0.39, 0.29) is 11.1 Å². The molecule has 214 valence electrons. The van der Waals surface area contributed by atoms with Crippen LogP contribution < -0.4 is 5.73 Å². The lowest BCUT2D eigenvalue weighted by Gasteiger charge is -2.16. The van der Waals surface area contributed by atoms with E-state index in [1.807, 2.05) is 19.9 Å². The number of hydrogen-bond donors (Lipinski definition) is 1. The number of amides is 1. The number of alkyl halides is 3. The van der Waals surface area contributed by atoms with Gasteiger partial charge in [0.05, 0.1) is 11.3 Å². The SMILES string of the molecule is C=CC[C@]1(CCCCCCS/C(=N/N=C(\C)c2ccc(C(N)=O)nc2)C(=C)C)C[C@@H]1c1ccc(C(F)(F)F)cc1. The minimum Gasteiger partial charge on any atom is -0.364 e. The molecule has 0 radical (unpaired) electrons. The number of thioether (sulfide) groups is 1. The third kappa shape index (κ3) is 8.65. The number of nitrogens with zero attached hydrogens (tertiary/aromatic N) is 3. The molecule has 1 amide bonds. The molecule has 1 aromatic heterocycles. The highest BCUT2D eigenvalue weighted by Gasteiger charge is 2.52. The fraction of sp³-hybridized carbons (Fsp3) is 0.419. The monoisotopic (exact) mass is 570 g/mol. The van der Waals surface area contributed by atoms with E-state index < -0.39 is 17.6 Å². The standard InChI is InChI=1S/C31H37F3N4OS/c1-5-16-30(19-26(30)23-10-13-25(14-11-23)31(32,33)34)17-8-6-7-9-18-40-29(21(2)3)38-37-22(4)24-12-15-27(28(35)39)36-20-24/h5,10-15,20,26H,1-2,6-9,16-19H2,3-4H3,(H2,35,39)/b37-22+,38-29+/t26-,30+/m1/s1. The Balaban J connectivity index is 1.43. The summed E-state index contributed by atoms with van der Waals surface area (Å²) in [5, 5.41) is 9.49. The predicted molar refractivity (Wildman–Crippen MR) is 159 cm³/mol. The molecule has 2 N–H and O–H groups in total. The maximum atomic E-state index is 12.9. The molecule has 9 heteroatoms. The van der Waals surface area contributed by atoms with Crippen LogP contribution in [0, 0.1) is 5.41 Å². The molecule has 40 heavy (non-hydrogen) atoms. The van der Waals surface area contributed by atoms with Gasteiger partial charge in [0.1, 0.15) is 10.7 Å². The number of aromatic nitrogens is 1. The molecule has 1 aliphatic rings. The van der Waals surface area contributed by atoms with Gasteiger partial charge in [0.2, 0.25) is 0 Å². The van der Waals surface area contributed by atoms with Crippen LogP contribution in [0.2, 0.25) is 0 Å². The first-order chi connectivity index (χ1) is 19.0. The highest BCUT2D eigenvalue weighted by molar-refractivity contribution is 8.14. The molecule has 1 heterocycles. The number of rotatable bonds is 14.